The molecule has 0 aliphatic heterocycles. The molecule has 0 atom stereocenters. The number of carbonyl (C=O) groups is 1. The molecule has 0 spiro atoms. The van der Waals surface area contributed by atoms with Crippen LogP contribution >= 0.6 is 11.6 Å². The molecule has 0 bridgehead atoms. The molecule has 0 saturated heterocycles. The van der Waals surface area contributed by atoms with Gasteiger partial charge in [0.25, 0.3) is 0 Å². The Balaban J connectivity index is 2.69. The standard InChI is InChI=1S/C12H11ClN2O3/c1-7-11(12(16)17)15(6-14-7)9-5-8(13)3-4-10(9)18-2/h3-6H,1-2H3,(H,16,17). The molecular weight excluding hydrogens is 256 g/mol. The van der Waals surface area contributed by atoms with Gasteiger partial charge >= 0.3 is 5.97 Å². The molecular formula is C12H11ClN2O3. The topological polar surface area (TPSA) is 64.4 Å². The van der Waals surface area contributed by atoms with Crippen molar-refractivity contribution in [2.45, 2.75) is 6.92 Å². The summed E-state index contributed by atoms with van der Waals surface area (Å²) in [5.41, 5.74) is 1.07. The van der Waals surface area contributed by atoms with Gasteiger partial charge in [0, 0.05) is 5.02 Å². The van der Waals surface area contributed by atoms with Gasteiger partial charge in [-0.15, -0.1) is 0 Å². The highest BCUT2D eigenvalue weighted by Gasteiger charge is 2.18. The van der Waals surface area contributed by atoms with Gasteiger partial charge in [-0.05, 0) is 25.1 Å². The molecule has 0 amide bonds. The lowest BCUT2D eigenvalue weighted by Crippen LogP contribution is -2.08. The lowest BCUT2D eigenvalue weighted by atomic mass is 10.2. The summed E-state index contributed by atoms with van der Waals surface area (Å²) in [6, 6.07) is 4.99. The van der Waals surface area contributed by atoms with Gasteiger partial charge in [-0.25, -0.2) is 9.78 Å². The number of aromatic nitrogens is 2. The molecule has 1 heterocycles. The van der Waals surface area contributed by atoms with Crippen molar-refractivity contribution in [3.05, 3.63) is 40.9 Å². The highest BCUT2D eigenvalue weighted by atomic mass is 35.5. The zero-order valence-electron chi connectivity index (χ0n) is 9.85. The second-order valence-electron chi connectivity index (χ2n) is 3.67. The molecule has 0 aliphatic carbocycles. The van der Waals surface area contributed by atoms with E-state index in [0.29, 0.717) is 22.2 Å². The van der Waals surface area contributed by atoms with Gasteiger partial charge in [0.05, 0.1) is 18.5 Å². The number of halogens is 1. The average Bonchev–Trinajstić information content (AvgIpc) is 2.71. The lowest BCUT2D eigenvalue weighted by molar-refractivity contribution is 0.0687. The molecule has 5 nitrogen and oxygen atoms in total. The Hall–Kier alpha value is -2.01. The molecule has 2 aromatic rings. The Bertz CT molecular complexity index is 607. The number of carboxylic acid groups (broad SMARTS) is 1. The van der Waals surface area contributed by atoms with Crippen LogP contribution in [-0.4, -0.2) is 27.7 Å². The first-order valence-electron chi connectivity index (χ1n) is 5.15. The zero-order chi connectivity index (χ0) is 13.3. The summed E-state index contributed by atoms with van der Waals surface area (Å²) in [5.74, 6) is -0.522. The first-order valence-corrected chi connectivity index (χ1v) is 5.53. The monoisotopic (exact) mass is 266 g/mol. The number of imidazole rings is 1. The summed E-state index contributed by atoms with van der Waals surface area (Å²) in [6.45, 7) is 1.64. The fraction of sp³-hybridized carbons (Fsp3) is 0.167. The van der Waals surface area contributed by atoms with Crippen LogP contribution in [0.25, 0.3) is 5.69 Å². The van der Waals surface area contributed by atoms with Crippen LogP contribution in [0.3, 0.4) is 0 Å². The first kappa shape index (κ1) is 12.4. The molecule has 0 unspecified atom stereocenters. The van der Waals surface area contributed by atoms with Gasteiger partial charge in [-0.3, -0.25) is 4.57 Å². The maximum absolute atomic E-state index is 11.2. The Morgan fingerprint density at radius 1 is 1.50 bits per heavy atom. The molecule has 1 aromatic heterocycles. The molecule has 0 aliphatic rings. The molecule has 18 heavy (non-hydrogen) atoms. The number of rotatable bonds is 3. The summed E-state index contributed by atoms with van der Waals surface area (Å²) in [5, 5.41) is 9.69. The molecule has 0 saturated carbocycles. The summed E-state index contributed by atoms with van der Waals surface area (Å²) < 4.78 is 6.65. The molecule has 6 heteroatoms. The van der Waals surface area contributed by atoms with E-state index in [1.54, 1.807) is 25.1 Å². The summed E-state index contributed by atoms with van der Waals surface area (Å²) in [7, 11) is 1.51. The largest absolute Gasteiger partial charge is 0.495 e. The summed E-state index contributed by atoms with van der Waals surface area (Å²) >= 11 is 5.93. The zero-order valence-corrected chi connectivity index (χ0v) is 10.6. The smallest absolute Gasteiger partial charge is 0.354 e. The van der Waals surface area contributed by atoms with E-state index in [-0.39, 0.29) is 5.69 Å². The highest BCUT2D eigenvalue weighted by Crippen LogP contribution is 2.28. The van der Waals surface area contributed by atoms with Crippen LogP contribution in [0.1, 0.15) is 16.2 Å². The van der Waals surface area contributed by atoms with Gasteiger partial charge in [-0.2, -0.15) is 0 Å². The minimum Gasteiger partial charge on any atom is -0.495 e. The van der Waals surface area contributed by atoms with Crippen molar-refractivity contribution in [3.8, 4) is 11.4 Å². The number of nitrogens with zero attached hydrogens (tertiary/aromatic N) is 2. The number of carboxylic acids is 1. The molecule has 1 N–H and O–H groups in total. The van der Waals surface area contributed by atoms with Crippen molar-refractivity contribution in [1.82, 2.24) is 9.55 Å². The van der Waals surface area contributed by atoms with Crippen molar-refractivity contribution in [2.75, 3.05) is 7.11 Å². The highest BCUT2D eigenvalue weighted by molar-refractivity contribution is 6.30. The Morgan fingerprint density at radius 3 is 2.83 bits per heavy atom. The average molecular weight is 267 g/mol. The van der Waals surface area contributed by atoms with Crippen molar-refractivity contribution in [3.63, 3.8) is 0 Å². The van der Waals surface area contributed by atoms with E-state index in [4.69, 9.17) is 16.3 Å². The van der Waals surface area contributed by atoms with E-state index >= 15 is 0 Å². The van der Waals surface area contributed by atoms with Crippen molar-refractivity contribution in [2.24, 2.45) is 0 Å². The fourth-order valence-corrected chi connectivity index (χ4v) is 1.90. The molecule has 2 rings (SSSR count). The van der Waals surface area contributed by atoms with Gasteiger partial charge in [0.1, 0.15) is 12.1 Å². The third kappa shape index (κ3) is 2.04. The summed E-state index contributed by atoms with van der Waals surface area (Å²) in [4.78, 5) is 15.2. The maximum Gasteiger partial charge on any atom is 0.354 e. The molecule has 0 radical (unpaired) electrons. The first-order chi connectivity index (χ1) is 8.54. The van der Waals surface area contributed by atoms with Crippen LogP contribution in [-0.2, 0) is 0 Å². The van der Waals surface area contributed by atoms with Crippen LogP contribution in [0.4, 0.5) is 0 Å². The third-order valence-corrected chi connectivity index (χ3v) is 2.79. The number of hydrogen-bond donors (Lipinski definition) is 1. The third-order valence-electron chi connectivity index (χ3n) is 2.55. The molecule has 0 fully saturated rings. The SMILES string of the molecule is COc1ccc(Cl)cc1-n1cnc(C)c1C(=O)O. The van der Waals surface area contributed by atoms with Crippen molar-refractivity contribution in [1.29, 1.82) is 0 Å². The van der Waals surface area contributed by atoms with E-state index in [2.05, 4.69) is 4.98 Å². The van der Waals surface area contributed by atoms with Gasteiger partial charge < -0.3 is 9.84 Å². The number of ether oxygens (including phenoxy) is 1. The number of hydrogen-bond acceptors (Lipinski definition) is 3. The van der Waals surface area contributed by atoms with Gasteiger partial charge in [-0.1, -0.05) is 11.6 Å². The van der Waals surface area contributed by atoms with E-state index in [1.165, 1.54) is 18.0 Å². The number of aromatic carboxylic acids is 1. The summed E-state index contributed by atoms with van der Waals surface area (Å²) in [6.07, 6.45) is 1.44. The normalized spacial score (nSPS) is 10.4. The van der Waals surface area contributed by atoms with Crippen LogP contribution in [0, 0.1) is 6.92 Å². The van der Waals surface area contributed by atoms with Crippen LogP contribution in [0.2, 0.25) is 5.02 Å². The van der Waals surface area contributed by atoms with Crippen molar-refractivity contribution >= 4 is 17.6 Å². The number of methoxy groups -OCH3 is 1. The Kier molecular flexibility index (Phi) is 3.25. The lowest BCUT2D eigenvalue weighted by Gasteiger charge is -2.11. The van der Waals surface area contributed by atoms with E-state index in [0.717, 1.165) is 0 Å². The van der Waals surface area contributed by atoms with Crippen LogP contribution < -0.4 is 4.74 Å². The van der Waals surface area contributed by atoms with E-state index in [9.17, 15) is 9.90 Å². The quantitative estimate of drug-likeness (QED) is 0.927. The molecule has 94 valence electrons. The number of benzene rings is 1. The fourth-order valence-electron chi connectivity index (χ4n) is 1.73. The van der Waals surface area contributed by atoms with Crippen LogP contribution in [0.15, 0.2) is 24.5 Å². The van der Waals surface area contributed by atoms with Crippen molar-refractivity contribution < 1.29 is 14.6 Å². The second-order valence-corrected chi connectivity index (χ2v) is 4.11. The van der Waals surface area contributed by atoms with Gasteiger partial charge in [0.2, 0.25) is 0 Å². The predicted molar refractivity (Wildman–Crippen MR) is 66.8 cm³/mol. The van der Waals surface area contributed by atoms with Gasteiger partial charge in [0.15, 0.2) is 5.69 Å². The second kappa shape index (κ2) is 4.70. The predicted octanol–water partition coefficient (Wildman–Crippen LogP) is 2.54. The Labute approximate surface area is 109 Å². The molecule has 1 aromatic carbocycles. The van der Waals surface area contributed by atoms with E-state index in [1.807, 2.05) is 0 Å². The minimum absolute atomic E-state index is 0.0931. The van der Waals surface area contributed by atoms with E-state index < -0.39 is 5.97 Å². The Morgan fingerprint density at radius 2 is 2.22 bits per heavy atom. The minimum atomic E-state index is -1.05. The van der Waals surface area contributed by atoms with Crippen LogP contribution in [0.5, 0.6) is 5.75 Å². The number of aryl methyl sites for hydroxylation is 1. The maximum atomic E-state index is 11.2.